The molecule has 3 N–H and O–H groups in total. The highest BCUT2D eigenvalue weighted by Crippen LogP contribution is 2.05. The summed E-state index contributed by atoms with van der Waals surface area (Å²) in [4.78, 5) is 23.6. The molecule has 0 saturated carbocycles. The van der Waals surface area contributed by atoms with Crippen molar-refractivity contribution in [2.45, 2.75) is 6.92 Å². The molecule has 1 aromatic carbocycles. The second-order valence-electron chi connectivity index (χ2n) is 4.56. The van der Waals surface area contributed by atoms with E-state index in [4.69, 9.17) is 16.6 Å². The van der Waals surface area contributed by atoms with Gasteiger partial charge in [0.25, 0.3) is 5.91 Å². The highest BCUT2D eigenvalue weighted by Gasteiger charge is 2.08. The molecule has 118 valence electrons. The predicted octanol–water partition coefficient (Wildman–Crippen LogP) is 1.94. The molecule has 7 heteroatoms. The molecule has 2 rings (SSSR count). The number of furan rings is 1. The summed E-state index contributed by atoms with van der Waals surface area (Å²) in [5.41, 5.74) is 6.26. The lowest BCUT2D eigenvalue weighted by Crippen LogP contribution is -2.48. The number of amides is 2. The zero-order valence-corrected chi connectivity index (χ0v) is 13.1. The Balaban J connectivity index is 1.80. The smallest absolute Gasteiger partial charge is 0.269 e. The molecule has 0 unspecified atom stereocenters. The van der Waals surface area contributed by atoms with Crippen LogP contribution >= 0.6 is 12.2 Å². The second-order valence-corrected chi connectivity index (χ2v) is 4.97. The Morgan fingerprint density at radius 2 is 1.91 bits per heavy atom. The van der Waals surface area contributed by atoms with Gasteiger partial charge in [-0.15, -0.1) is 0 Å². The van der Waals surface area contributed by atoms with Gasteiger partial charge < -0.3 is 4.42 Å². The van der Waals surface area contributed by atoms with Gasteiger partial charge in [0, 0.05) is 11.6 Å². The van der Waals surface area contributed by atoms with Crippen LogP contribution < -0.4 is 16.2 Å². The minimum atomic E-state index is -0.441. The van der Waals surface area contributed by atoms with E-state index >= 15 is 0 Å². The molecule has 2 amide bonds. The van der Waals surface area contributed by atoms with E-state index < -0.39 is 5.91 Å². The lowest BCUT2D eigenvalue weighted by atomic mass is 10.1. The summed E-state index contributed by atoms with van der Waals surface area (Å²) in [5, 5.41) is 2.39. The predicted molar refractivity (Wildman–Crippen MR) is 90.3 cm³/mol. The SMILES string of the molecule is Cc1ccccc1C(=O)NNC(=S)NC(=O)C=Cc1ccco1. The number of carbonyl (C=O) groups excluding carboxylic acids is 2. The van der Waals surface area contributed by atoms with E-state index in [1.807, 2.05) is 19.1 Å². The largest absolute Gasteiger partial charge is 0.465 e. The normalized spacial score (nSPS) is 10.3. The van der Waals surface area contributed by atoms with Crippen molar-refractivity contribution in [2.24, 2.45) is 0 Å². The van der Waals surface area contributed by atoms with Crippen LogP contribution in [-0.2, 0) is 4.79 Å². The first-order valence-electron chi connectivity index (χ1n) is 6.75. The Morgan fingerprint density at radius 1 is 1.13 bits per heavy atom. The van der Waals surface area contributed by atoms with E-state index in [0.29, 0.717) is 11.3 Å². The van der Waals surface area contributed by atoms with E-state index in [2.05, 4.69) is 16.2 Å². The van der Waals surface area contributed by atoms with Crippen molar-refractivity contribution in [3.63, 3.8) is 0 Å². The summed E-state index contributed by atoms with van der Waals surface area (Å²) in [5.74, 6) is -0.234. The van der Waals surface area contributed by atoms with Gasteiger partial charge in [-0.1, -0.05) is 18.2 Å². The topological polar surface area (TPSA) is 83.4 Å². The van der Waals surface area contributed by atoms with Crippen molar-refractivity contribution >= 4 is 35.2 Å². The molecule has 0 atom stereocenters. The molecular formula is C16H15N3O3S. The molecular weight excluding hydrogens is 314 g/mol. The zero-order chi connectivity index (χ0) is 16.7. The number of nitrogens with one attached hydrogen (secondary N) is 3. The molecule has 0 spiro atoms. The molecule has 23 heavy (non-hydrogen) atoms. The highest BCUT2D eigenvalue weighted by molar-refractivity contribution is 7.80. The van der Waals surface area contributed by atoms with Gasteiger partial charge in [-0.25, -0.2) is 0 Å². The maximum Gasteiger partial charge on any atom is 0.269 e. The number of aryl methyl sites for hydroxylation is 1. The van der Waals surface area contributed by atoms with Crippen LogP contribution in [0.4, 0.5) is 0 Å². The van der Waals surface area contributed by atoms with Gasteiger partial charge in [0.05, 0.1) is 6.26 Å². The van der Waals surface area contributed by atoms with Crippen molar-refractivity contribution in [1.29, 1.82) is 0 Å². The van der Waals surface area contributed by atoms with Gasteiger partial charge >= 0.3 is 0 Å². The fraction of sp³-hybridized carbons (Fsp3) is 0.0625. The Labute approximate surface area is 138 Å². The monoisotopic (exact) mass is 329 g/mol. The molecule has 0 radical (unpaired) electrons. The van der Waals surface area contributed by atoms with Crippen LogP contribution in [0.25, 0.3) is 6.08 Å². The molecule has 6 nitrogen and oxygen atoms in total. The summed E-state index contributed by atoms with van der Waals surface area (Å²) in [6, 6.07) is 10.6. The summed E-state index contributed by atoms with van der Waals surface area (Å²) in [7, 11) is 0. The third kappa shape index (κ3) is 5.08. The number of hydrogen-bond acceptors (Lipinski definition) is 4. The third-order valence-corrected chi connectivity index (χ3v) is 3.06. The average molecular weight is 329 g/mol. The molecule has 1 heterocycles. The van der Waals surface area contributed by atoms with Crippen LogP contribution in [0.5, 0.6) is 0 Å². The van der Waals surface area contributed by atoms with E-state index in [1.54, 1.807) is 24.3 Å². The van der Waals surface area contributed by atoms with Gasteiger partial charge in [-0.2, -0.15) is 0 Å². The molecule has 0 aliphatic carbocycles. The van der Waals surface area contributed by atoms with Crippen molar-refractivity contribution < 1.29 is 14.0 Å². The number of benzene rings is 1. The average Bonchev–Trinajstić information content (AvgIpc) is 3.04. The van der Waals surface area contributed by atoms with Crippen LogP contribution in [0.1, 0.15) is 21.7 Å². The Bertz CT molecular complexity index is 739. The van der Waals surface area contributed by atoms with Gasteiger partial charge in [0.2, 0.25) is 5.91 Å². The number of hydrazine groups is 1. The first-order chi connectivity index (χ1) is 11.1. The van der Waals surface area contributed by atoms with Gasteiger partial charge in [-0.05, 0) is 49.0 Å². The first kappa shape index (κ1) is 16.4. The molecule has 0 fully saturated rings. The fourth-order valence-electron chi connectivity index (χ4n) is 1.74. The van der Waals surface area contributed by atoms with Crippen LogP contribution in [0.2, 0.25) is 0 Å². The number of carbonyl (C=O) groups is 2. The molecule has 1 aromatic heterocycles. The zero-order valence-electron chi connectivity index (χ0n) is 12.3. The minimum absolute atomic E-state index is 0.0129. The van der Waals surface area contributed by atoms with Crippen molar-refractivity contribution in [1.82, 2.24) is 16.2 Å². The number of rotatable bonds is 3. The van der Waals surface area contributed by atoms with Crippen LogP contribution in [-0.4, -0.2) is 16.9 Å². The van der Waals surface area contributed by atoms with Gasteiger partial charge in [-0.3, -0.25) is 25.8 Å². The second kappa shape index (κ2) is 7.90. The van der Waals surface area contributed by atoms with Crippen LogP contribution in [0.15, 0.2) is 53.2 Å². The number of thiocarbonyl (C=S) groups is 1. The van der Waals surface area contributed by atoms with Crippen LogP contribution in [0, 0.1) is 6.92 Å². The molecule has 0 aliphatic rings. The standard InChI is InChI=1S/C16H15N3O3S/c1-11-5-2-3-7-13(11)15(21)18-19-16(23)17-14(20)9-8-12-6-4-10-22-12/h2-10H,1H3,(H,18,21)(H2,17,19,20,23). The van der Waals surface area contributed by atoms with Crippen molar-refractivity contribution in [3.05, 3.63) is 65.6 Å². The summed E-state index contributed by atoms with van der Waals surface area (Å²) in [6.07, 6.45) is 4.28. The van der Waals surface area contributed by atoms with E-state index in [0.717, 1.165) is 5.56 Å². The summed E-state index contributed by atoms with van der Waals surface area (Å²) in [6.45, 7) is 1.83. The first-order valence-corrected chi connectivity index (χ1v) is 7.15. The van der Waals surface area contributed by atoms with E-state index in [1.165, 1.54) is 18.4 Å². The van der Waals surface area contributed by atoms with Crippen molar-refractivity contribution in [2.75, 3.05) is 0 Å². The Morgan fingerprint density at radius 3 is 2.61 bits per heavy atom. The molecule has 0 saturated heterocycles. The highest BCUT2D eigenvalue weighted by atomic mass is 32.1. The van der Waals surface area contributed by atoms with E-state index in [9.17, 15) is 9.59 Å². The molecule has 2 aromatic rings. The van der Waals surface area contributed by atoms with Gasteiger partial charge in [0.15, 0.2) is 5.11 Å². The lowest BCUT2D eigenvalue weighted by molar-refractivity contribution is -0.115. The Kier molecular flexibility index (Phi) is 5.65. The maximum absolute atomic E-state index is 12.0. The van der Waals surface area contributed by atoms with Gasteiger partial charge in [0.1, 0.15) is 5.76 Å². The Hall–Kier alpha value is -2.93. The fourth-order valence-corrected chi connectivity index (χ4v) is 1.89. The quantitative estimate of drug-likeness (QED) is 0.455. The van der Waals surface area contributed by atoms with Crippen LogP contribution in [0.3, 0.4) is 0 Å². The molecule has 0 aliphatic heterocycles. The summed E-state index contributed by atoms with van der Waals surface area (Å²) < 4.78 is 5.06. The minimum Gasteiger partial charge on any atom is -0.465 e. The lowest BCUT2D eigenvalue weighted by Gasteiger charge is -2.10. The molecule has 0 bridgehead atoms. The van der Waals surface area contributed by atoms with Crippen molar-refractivity contribution in [3.8, 4) is 0 Å². The maximum atomic E-state index is 12.0. The third-order valence-electron chi connectivity index (χ3n) is 2.86. The summed E-state index contributed by atoms with van der Waals surface area (Å²) >= 11 is 4.93. The van der Waals surface area contributed by atoms with E-state index in [-0.39, 0.29) is 11.0 Å². The number of hydrogen-bond donors (Lipinski definition) is 3.